The van der Waals surface area contributed by atoms with E-state index < -0.39 is 0 Å². The van der Waals surface area contributed by atoms with Crippen molar-refractivity contribution in [2.75, 3.05) is 0 Å². The Bertz CT molecular complexity index is 454. The van der Waals surface area contributed by atoms with E-state index >= 15 is 0 Å². The maximum atomic E-state index is 6.15. The Labute approximate surface area is 76.2 Å². The summed E-state index contributed by atoms with van der Waals surface area (Å²) in [6.07, 6.45) is 7.88. The number of pyridine rings is 1. The van der Waals surface area contributed by atoms with Crippen LogP contribution < -0.4 is 5.73 Å². The second-order valence-electron chi connectivity index (χ2n) is 3.76. The highest BCUT2D eigenvalue weighted by Crippen LogP contribution is 2.44. The van der Waals surface area contributed by atoms with Gasteiger partial charge < -0.3 is 10.1 Å². The quantitative estimate of drug-likeness (QED) is 0.706. The third-order valence-corrected chi connectivity index (χ3v) is 2.78. The van der Waals surface area contributed by atoms with Crippen LogP contribution in [0.15, 0.2) is 30.9 Å². The summed E-state index contributed by atoms with van der Waals surface area (Å²) in [4.78, 5) is 4.11. The first-order chi connectivity index (χ1) is 6.30. The summed E-state index contributed by atoms with van der Waals surface area (Å²) in [6.45, 7) is 0. The van der Waals surface area contributed by atoms with Gasteiger partial charge in [0.15, 0.2) is 0 Å². The van der Waals surface area contributed by atoms with E-state index in [9.17, 15) is 0 Å². The fourth-order valence-electron chi connectivity index (χ4n) is 1.77. The van der Waals surface area contributed by atoms with Crippen LogP contribution in [0.4, 0.5) is 0 Å². The Morgan fingerprint density at radius 2 is 2.31 bits per heavy atom. The van der Waals surface area contributed by atoms with Gasteiger partial charge in [0.1, 0.15) is 0 Å². The summed E-state index contributed by atoms with van der Waals surface area (Å²) in [5.74, 6) is 0. The van der Waals surface area contributed by atoms with Gasteiger partial charge in [-0.1, -0.05) is 6.07 Å². The van der Waals surface area contributed by atoms with Crippen molar-refractivity contribution in [1.82, 2.24) is 9.38 Å². The zero-order valence-electron chi connectivity index (χ0n) is 7.27. The standard InChI is InChI=1S/C10H11N3/c11-10(3-4-10)8-2-1-5-13-7-12-6-9(8)13/h1-2,5-7H,3-4,11H2. The summed E-state index contributed by atoms with van der Waals surface area (Å²) in [7, 11) is 0. The van der Waals surface area contributed by atoms with Gasteiger partial charge in [-0.05, 0) is 24.5 Å². The van der Waals surface area contributed by atoms with Crippen molar-refractivity contribution < 1.29 is 0 Å². The molecule has 2 aromatic rings. The van der Waals surface area contributed by atoms with E-state index in [0.29, 0.717) is 0 Å². The van der Waals surface area contributed by atoms with E-state index in [1.165, 1.54) is 5.56 Å². The van der Waals surface area contributed by atoms with Crippen molar-refractivity contribution in [2.24, 2.45) is 5.73 Å². The topological polar surface area (TPSA) is 43.3 Å². The highest BCUT2D eigenvalue weighted by atomic mass is 15.0. The first-order valence-corrected chi connectivity index (χ1v) is 4.50. The molecule has 3 rings (SSSR count). The molecular formula is C10H11N3. The van der Waals surface area contributed by atoms with Gasteiger partial charge in [0.2, 0.25) is 0 Å². The van der Waals surface area contributed by atoms with E-state index in [0.717, 1.165) is 18.4 Å². The molecule has 0 spiro atoms. The molecule has 0 amide bonds. The fraction of sp³-hybridized carbons (Fsp3) is 0.300. The third-order valence-electron chi connectivity index (χ3n) is 2.78. The van der Waals surface area contributed by atoms with Gasteiger partial charge in [-0.15, -0.1) is 0 Å². The second kappa shape index (κ2) is 2.12. The molecule has 66 valence electrons. The Morgan fingerprint density at radius 1 is 1.46 bits per heavy atom. The maximum absolute atomic E-state index is 6.15. The van der Waals surface area contributed by atoms with Gasteiger partial charge in [-0.2, -0.15) is 0 Å². The van der Waals surface area contributed by atoms with Crippen molar-refractivity contribution in [3.63, 3.8) is 0 Å². The van der Waals surface area contributed by atoms with Crippen molar-refractivity contribution in [3.05, 3.63) is 36.4 Å². The van der Waals surface area contributed by atoms with Crippen molar-refractivity contribution in [1.29, 1.82) is 0 Å². The van der Waals surface area contributed by atoms with E-state index in [-0.39, 0.29) is 5.54 Å². The van der Waals surface area contributed by atoms with Gasteiger partial charge in [-0.3, -0.25) is 0 Å². The molecule has 1 fully saturated rings. The lowest BCUT2D eigenvalue weighted by Gasteiger charge is -2.10. The van der Waals surface area contributed by atoms with Gasteiger partial charge >= 0.3 is 0 Å². The number of imidazole rings is 1. The van der Waals surface area contributed by atoms with Crippen molar-refractivity contribution >= 4 is 5.52 Å². The van der Waals surface area contributed by atoms with Crippen LogP contribution in [0, 0.1) is 0 Å². The third kappa shape index (κ3) is 0.906. The lowest BCUT2D eigenvalue weighted by molar-refractivity contribution is 0.742. The Hall–Kier alpha value is -1.35. The Balaban J connectivity index is 2.33. The first-order valence-electron chi connectivity index (χ1n) is 4.50. The van der Waals surface area contributed by atoms with Crippen LogP contribution >= 0.6 is 0 Å². The van der Waals surface area contributed by atoms with Crippen molar-refractivity contribution in [3.8, 4) is 0 Å². The number of nitrogens with zero attached hydrogens (tertiary/aromatic N) is 2. The van der Waals surface area contributed by atoms with Gasteiger partial charge in [0.05, 0.1) is 18.0 Å². The van der Waals surface area contributed by atoms with Crippen LogP contribution in [0.2, 0.25) is 0 Å². The molecule has 0 unspecified atom stereocenters. The fourth-order valence-corrected chi connectivity index (χ4v) is 1.77. The molecule has 0 bridgehead atoms. The molecule has 1 saturated carbocycles. The van der Waals surface area contributed by atoms with Gasteiger partial charge in [0, 0.05) is 11.7 Å². The molecule has 2 aromatic heterocycles. The lowest BCUT2D eigenvalue weighted by atomic mass is 10.1. The molecule has 0 atom stereocenters. The van der Waals surface area contributed by atoms with E-state index in [4.69, 9.17) is 5.73 Å². The molecule has 0 saturated heterocycles. The molecule has 3 nitrogen and oxygen atoms in total. The summed E-state index contributed by atoms with van der Waals surface area (Å²) in [6, 6.07) is 4.13. The predicted molar refractivity (Wildman–Crippen MR) is 50.3 cm³/mol. The Kier molecular flexibility index (Phi) is 1.15. The molecule has 1 aliphatic rings. The van der Waals surface area contributed by atoms with Crippen LogP contribution in [0.25, 0.3) is 5.52 Å². The van der Waals surface area contributed by atoms with Crippen LogP contribution in [0.1, 0.15) is 18.4 Å². The maximum Gasteiger partial charge on any atom is 0.0992 e. The zero-order chi connectivity index (χ0) is 8.89. The monoisotopic (exact) mass is 173 g/mol. The first kappa shape index (κ1) is 7.09. The minimum absolute atomic E-state index is 0.0669. The van der Waals surface area contributed by atoms with E-state index in [1.807, 2.05) is 29.2 Å². The van der Waals surface area contributed by atoms with Gasteiger partial charge in [-0.25, -0.2) is 4.98 Å². The second-order valence-corrected chi connectivity index (χ2v) is 3.76. The molecule has 13 heavy (non-hydrogen) atoms. The van der Waals surface area contributed by atoms with Crippen LogP contribution in [-0.4, -0.2) is 9.38 Å². The molecule has 2 heterocycles. The highest BCUT2D eigenvalue weighted by molar-refractivity contribution is 5.57. The average Bonchev–Trinajstić information content (AvgIpc) is 2.72. The van der Waals surface area contributed by atoms with Crippen LogP contribution in [0.3, 0.4) is 0 Å². The van der Waals surface area contributed by atoms with E-state index in [1.54, 1.807) is 0 Å². The molecule has 0 aliphatic heterocycles. The molecular weight excluding hydrogens is 162 g/mol. The molecule has 1 aliphatic carbocycles. The van der Waals surface area contributed by atoms with E-state index in [2.05, 4.69) is 11.1 Å². The predicted octanol–water partition coefficient (Wildman–Crippen LogP) is 1.28. The number of aromatic nitrogens is 2. The van der Waals surface area contributed by atoms with Crippen LogP contribution in [-0.2, 0) is 5.54 Å². The average molecular weight is 173 g/mol. The minimum atomic E-state index is -0.0669. The SMILES string of the molecule is NC1(c2cccn3cncc23)CC1. The van der Waals surface area contributed by atoms with Crippen LogP contribution in [0.5, 0.6) is 0 Å². The summed E-state index contributed by atoms with van der Waals surface area (Å²) in [5.41, 5.74) is 8.46. The largest absolute Gasteiger partial charge is 0.321 e. The highest BCUT2D eigenvalue weighted by Gasteiger charge is 2.41. The molecule has 0 aromatic carbocycles. The number of nitrogens with two attached hydrogens (primary N) is 1. The minimum Gasteiger partial charge on any atom is -0.321 e. The number of hydrogen-bond acceptors (Lipinski definition) is 2. The molecule has 3 heteroatoms. The number of fused-ring (bicyclic) bond motifs is 1. The van der Waals surface area contributed by atoms with Gasteiger partial charge in [0.25, 0.3) is 0 Å². The smallest absolute Gasteiger partial charge is 0.0992 e. The lowest BCUT2D eigenvalue weighted by Crippen LogP contribution is -2.19. The number of rotatable bonds is 1. The molecule has 2 N–H and O–H groups in total. The number of hydrogen-bond donors (Lipinski definition) is 1. The summed E-state index contributed by atoms with van der Waals surface area (Å²) in [5, 5.41) is 0. The van der Waals surface area contributed by atoms with Crippen molar-refractivity contribution in [2.45, 2.75) is 18.4 Å². The normalized spacial score (nSPS) is 19.2. The zero-order valence-corrected chi connectivity index (χ0v) is 7.27. The summed E-state index contributed by atoms with van der Waals surface area (Å²) >= 11 is 0. The Morgan fingerprint density at radius 3 is 3.08 bits per heavy atom. The molecule has 0 radical (unpaired) electrons. The summed E-state index contributed by atoms with van der Waals surface area (Å²) < 4.78 is 2.02.